The number of methoxy groups -OCH3 is 1. The monoisotopic (exact) mass is 412 g/mol. The Balaban J connectivity index is 1.63. The molecule has 4 rings (SSSR count). The minimum Gasteiger partial charge on any atom is -0.497 e. The van der Waals surface area contributed by atoms with Crippen molar-refractivity contribution in [1.82, 2.24) is 9.71 Å². The van der Waals surface area contributed by atoms with Gasteiger partial charge in [-0.1, -0.05) is 24.3 Å². The molecule has 0 radical (unpaired) electrons. The molecule has 0 aliphatic heterocycles. The highest BCUT2D eigenvalue weighted by Crippen LogP contribution is 2.33. The first-order chi connectivity index (χ1) is 13.6. The van der Waals surface area contributed by atoms with Crippen LogP contribution in [0.5, 0.6) is 5.75 Å². The third-order valence-electron chi connectivity index (χ3n) is 4.73. The summed E-state index contributed by atoms with van der Waals surface area (Å²) in [6.45, 7) is 0.275. The van der Waals surface area contributed by atoms with E-state index in [0.717, 1.165) is 21.3 Å². The van der Waals surface area contributed by atoms with Crippen molar-refractivity contribution >= 4 is 32.3 Å². The van der Waals surface area contributed by atoms with Crippen LogP contribution >= 0.6 is 11.3 Å². The largest absolute Gasteiger partial charge is 0.497 e. The van der Waals surface area contributed by atoms with Crippen LogP contribution in [0.15, 0.2) is 77.1 Å². The van der Waals surface area contributed by atoms with Crippen LogP contribution in [0.4, 0.5) is 0 Å². The molecule has 1 atom stereocenters. The van der Waals surface area contributed by atoms with Gasteiger partial charge >= 0.3 is 0 Å². The number of nitrogens with one attached hydrogen (secondary N) is 2. The Morgan fingerprint density at radius 1 is 1.07 bits per heavy atom. The van der Waals surface area contributed by atoms with E-state index >= 15 is 0 Å². The van der Waals surface area contributed by atoms with Crippen molar-refractivity contribution in [3.8, 4) is 5.75 Å². The molecule has 0 spiro atoms. The predicted molar refractivity (Wildman–Crippen MR) is 113 cm³/mol. The zero-order chi connectivity index (χ0) is 19.6. The zero-order valence-electron chi connectivity index (χ0n) is 15.3. The van der Waals surface area contributed by atoms with Crippen molar-refractivity contribution in [3.63, 3.8) is 0 Å². The summed E-state index contributed by atoms with van der Waals surface area (Å²) in [7, 11) is -2.08. The number of benzene rings is 2. The molecular weight excluding hydrogens is 392 g/mol. The maximum Gasteiger partial charge on any atom is 0.240 e. The Morgan fingerprint density at radius 2 is 1.86 bits per heavy atom. The second-order valence-electron chi connectivity index (χ2n) is 6.39. The van der Waals surface area contributed by atoms with Gasteiger partial charge in [-0.3, -0.25) is 0 Å². The highest BCUT2D eigenvalue weighted by molar-refractivity contribution is 7.89. The number of para-hydroxylation sites is 1. The molecule has 2 N–H and O–H groups in total. The number of hydrogen-bond donors (Lipinski definition) is 2. The molecular formula is C21H20N2O3S2. The van der Waals surface area contributed by atoms with Crippen LogP contribution in [0.25, 0.3) is 10.9 Å². The molecule has 2 aromatic heterocycles. The van der Waals surface area contributed by atoms with E-state index in [4.69, 9.17) is 4.74 Å². The highest BCUT2D eigenvalue weighted by atomic mass is 32.2. The third kappa shape index (κ3) is 3.69. The molecule has 5 nitrogen and oxygen atoms in total. The van der Waals surface area contributed by atoms with Gasteiger partial charge in [0.1, 0.15) is 5.75 Å². The maximum atomic E-state index is 12.8. The molecule has 0 unspecified atom stereocenters. The van der Waals surface area contributed by atoms with E-state index in [1.807, 2.05) is 41.9 Å². The first kappa shape index (κ1) is 18.7. The molecule has 0 amide bonds. The minimum atomic E-state index is -3.63. The van der Waals surface area contributed by atoms with E-state index < -0.39 is 10.0 Å². The molecule has 0 saturated heterocycles. The summed E-state index contributed by atoms with van der Waals surface area (Å²) < 4.78 is 33.4. The normalized spacial score (nSPS) is 12.9. The summed E-state index contributed by atoms with van der Waals surface area (Å²) in [5.74, 6) is 0.540. The molecule has 144 valence electrons. The zero-order valence-corrected chi connectivity index (χ0v) is 16.9. The van der Waals surface area contributed by atoms with Crippen LogP contribution in [0, 0.1) is 0 Å². The topological polar surface area (TPSA) is 71.2 Å². The number of hydrogen-bond acceptors (Lipinski definition) is 4. The van der Waals surface area contributed by atoms with E-state index in [9.17, 15) is 8.42 Å². The predicted octanol–water partition coefficient (Wildman–Crippen LogP) is 4.35. The van der Waals surface area contributed by atoms with E-state index in [-0.39, 0.29) is 17.4 Å². The Kier molecular flexibility index (Phi) is 5.21. The van der Waals surface area contributed by atoms with E-state index in [1.165, 1.54) is 0 Å². The molecule has 28 heavy (non-hydrogen) atoms. The van der Waals surface area contributed by atoms with Gasteiger partial charge in [0.25, 0.3) is 0 Å². The van der Waals surface area contributed by atoms with Crippen LogP contribution < -0.4 is 9.46 Å². The Bertz CT molecular complexity index is 1160. The molecule has 0 aliphatic carbocycles. The van der Waals surface area contributed by atoms with Crippen LogP contribution in [-0.2, 0) is 10.0 Å². The quantitative estimate of drug-likeness (QED) is 0.474. The lowest BCUT2D eigenvalue weighted by Gasteiger charge is -2.16. The van der Waals surface area contributed by atoms with Crippen molar-refractivity contribution in [1.29, 1.82) is 0 Å². The van der Waals surface area contributed by atoms with Crippen LogP contribution in [0.2, 0.25) is 0 Å². The third-order valence-corrected chi connectivity index (χ3v) is 7.16. The first-order valence-electron chi connectivity index (χ1n) is 8.81. The van der Waals surface area contributed by atoms with Gasteiger partial charge in [-0.2, -0.15) is 0 Å². The summed E-state index contributed by atoms with van der Waals surface area (Å²) in [6, 6.07) is 18.5. The summed E-state index contributed by atoms with van der Waals surface area (Å²) in [4.78, 5) is 4.62. The van der Waals surface area contributed by atoms with Gasteiger partial charge < -0.3 is 9.72 Å². The molecule has 0 aliphatic rings. The molecule has 0 bridgehead atoms. The SMILES string of the molecule is COc1ccc(S(=O)(=O)NC[C@@H](c2cccs2)c2c[nH]c3ccccc23)cc1. The van der Waals surface area contributed by atoms with Crippen molar-refractivity contribution in [2.75, 3.05) is 13.7 Å². The number of rotatable bonds is 7. The summed E-state index contributed by atoms with van der Waals surface area (Å²) in [5.41, 5.74) is 2.12. The Hall–Kier alpha value is -2.61. The van der Waals surface area contributed by atoms with Gasteiger partial charge in [-0.25, -0.2) is 13.1 Å². The standard InChI is InChI=1S/C21H20N2O3S2/c1-26-15-8-10-16(11-9-15)28(24,25)23-14-19(21-7-4-12-27-21)18-13-22-20-6-3-2-5-17(18)20/h2-13,19,22-23H,14H2,1H3/t19-/m1/s1. The lowest BCUT2D eigenvalue weighted by atomic mass is 9.97. The smallest absolute Gasteiger partial charge is 0.240 e. The lowest BCUT2D eigenvalue weighted by molar-refractivity contribution is 0.414. The number of ether oxygens (including phenoxy) is 1. The summed E-state index contributed by atoms with van der Waals surface area (Å²) >= 11 is 1.62. The van der Waals surface area contributed by atoms with Crippen LogP contribution in [0.3, 0.4) is 0 Å². The second-order valence-corrected chi connectivity index (χ2v) is 9.13. The number of aromatic amines is 1. The van der Waals surface area contributed by atoms with Crippen molar-refractivity contribution < 1.29 is 13.2 Å². The molecule has 4 aromatic rings. The summed E-state index contributed by atoms with van der Waals surface area (Å²) in [5, 5.41) is 3.11. The van der Waals surface area contributed by atoms with Gasteiger partial charge in [0.15, 0.2) is 0 Å². The van der Waals surface area contributed by atoms with Crippen LogP contribution in [-0.4, -0.2) is 27.1 Å². The molecule has 2 aromatic carbocycles. The Morgan fingerprint density at radius 3 is 2.57 bits per heavy atom. The van der Waals surface area contributed by atoms with Gasteiger partial charge in [0, 0.05) is 34.4 Å². The molecule has 2 heterocycles. The van der Waals surface area contributed by atoms with E-state index in [2.05, 4.69) is 15.8 Å². The molecule has 0 fully saturated rings. The molecule has 0 saturated carbocycles. The maximum absolute atomic E-state index is 12.8. The van der Waals surface area contributed by atoms with Gasteiger partial charge in [-0.05, 0) is 47.3 Å². The average molecular weight is 413 g/mol. The van der Waals surface area contributed by atoms with Crippen molar-refractivity contribution in [2.24, 2.45) is 0 Å². The number of thiophene rings is 1. The second kappa shape index (κ2) is 7.79. The lowest BCUT2D eigenvalue weighted by Crippen LogP contribution is -2.28. The fraction of sp³-hybridized carbons (Fsp3) is 0.143. The van der Waals surface area contributed by atoms with Crippen LogP contribution in [0.1, 0.15) is 16.4 Å². The van der Waals surface area contributed by atoms with Gasteiger partial charge in [0.2, 0.25) is 10.0 Å². The van der Waals surface area contributed by atoms with E-state index in [1.54, 1.807) is 42.7 Å². The van der Waals surface area contributed by atoms with Gasteiger partial charge in [0.05, 0.1) is 12.0 Å². The van der Waals surface area contributed by atoms with Gasteiger partial charge in [-0.15, -0.1) is 11.3 Å². The minimum absolute atomic E-state index is 0.0795. The molecule has 7 heteroatoms. The number of fused-ring (bicyclic) bond motifs is 1. The number of sulfonamides is 1. The number of H-pyrrole nitrogens is 1. The Labute approximate surface area is 168 Å². The van der Waals surface area contributed by atoms with Crippen molar-refractivity contribution in [2.45, 2.75) is 10.8 Å². The van der Waals surface area contributed by atoms with Crippen molar-refractivity contribution in [3.05, 3.63) is 82.7 Å². The summed E-state index contributed by atoms with van der Waals surface area (Å²) in [6.07, 6.45) is 1.97. The van der Waals surface area contributed by atoms with E-state index in [0.29, 0.717) is 5.75 Å². The number of aromatic nitrogens is 1. The highest BCUT2D eigenvalue weighted by Gasteiger charge is 2.22. The average Bonchev–Trinajstić information content (AvgIpc) is 3.39. The fourth-order valence-electron chi connectivity index (χ4n) is 3.27. The first-order valence-corrected chi connectivity index (χ1v) is 11.2. The fourth-order valence-corrected chi connectivity index (χ4v) is 5.16.